The van der Waals surface area contributed by atoms with E-state index in [1.807, 2.05) is 0 Å². The van der Waals surface area contributed by atoms with Gasteiger partial charge in [0, 0.05) is 47.7 Å². The van der Waals surface area contributed by atoms with Crippen molar-refractivity contribution in [3.05, 3.63) is 95.7 Å². The molecule has 4 aromatic rings. The first-order valence-corrected chi connectivity index (χ1v) is 11.2. The SMILES string of the molecule is O=C(Nc1ccc(-c2cc(C3CC3)n(C(=O)NCc3ccccc3F)n2)c(O)c1)c1cccnc1. The Hall–Kier alpha value is -4.53. The van der Waals surface area contributed by atoms with Crippen LogP contribution >= 0.6 is 0 Å². The van der Waals surface area contributed by atoms with Crippen molar-refractivity contribution >= 4 is 17.6 Å². The fourth-order valence-corrected chi connectivity index (χ4v) is 3.77. The molecular weight excluding hydrogens is 449 g/mol. The maximum Gasteiger partial charge on any atom is 0.342 e. The lowest BCUT2D eigenvalue weighted by molar-refractivity contribution is 0.102. The molecule has 8 nitrogen and oxygen atoms in total. The lowest BCUT2D eigenvalue weighted by Gasteiger charge is -2.09. The van der Waals surface area contributed by atoms with Gasteiger partial charge in [-0.15, -0.1) is 0 Å². The number of nitrogens with zero attached hydrogens (tertiary/aromatic N) is 3. The molecule has 176 valence electrons. The van der Waals surface area contributed by atoms with E-state index in [1.54, 1.807) is 54.7 Å². The number of phenolic OH excluding ortho intramolecular Hbond substituents is 1. The van der Waals surface area contributed by atoms with Crippen LogP contribution in [0.25, 0.3) is 11.3 Å². The average Bonchev–Trinajstić information content (AvgIpc) is 3.62. The van der Waals surface area contributed by atoms with Gasteiger partial charge in [0.2, 0.25) is 0 Å². The van der Waals surface area contributed by atoms with E-state index >= 15 is 0 Å². The zero-order chi connectivity index (χ0) is 24.4. The number of phenols is 1. The molecule has 2 aromatic heterocycles. The van der Waals surface area contributed by atoms with Crippen molar-refractivity contribution in [1.29, 1.82) is 0 Å². The molecule has 2 amide bonds. The topological polar surface area (TPSA) is 109 Å². The van der Waals surface area contributed by atoms with Crippen LogP contribution in [0.15, 0.2) is 73.1 Å². The fraction of sp³-hybridized carbons (Fsp3) is 0.154. The number of aromatic hydroxyl groups is 1. The van der Waals surface area contributed by atoms with Gasteiger partial charge in [0.25, 0.3) is 5.91 Å². The van der Waals surface area contributed by atoms with Crippen LogP contribution in [0.4, 0.5) is 14.9 Å². The van der Waals surface area contributed by atoms with E-state index in [4.69, 9.17) is 0 Å². The molecule has 0 spiro atoms. The third kappa shape index (κ3) is 4.89. The minimum absolute atomic E-state index is 0.0292. The highest BCUT2D eigenvalue weighted by Crippen LogP contribution is 2.42. The second kappa shape index (κ2) is 9.38. The molecule has 35 heavy (non-hydrogen) atoms. The van der Waals surface area contributed by atoms with Crippen molar-refractivity contribution in [2.75, 3.05) is 5.32 Å². The van der Waals surface area contributed by atoms with E-state index in [1.165, 1.54) is 23.0 Å². The number of anilines is 1. The van der Waals surface area contributed by atoms with E-state index in [9.17, 15) is 19.1 Å². The fourth-order valence-electron chi connectivity index (χ4n) is 3.77. The first kappa shape index (κ1) is 22.3. The highest BCUT2D eigenvalue weighted by Gasteiger charge is 2.30. The van der Waals surface area contributed by atoms with Crippen LogP contribution in [0.3, 0.4) is 0 Å². The summed E-state index contributed by atoms with van der Waals surface area (Å²) in [7, 11) is 0. The number of amides is 2. The van der Waals surface area contributed by atoms with Crippen LogP contribution in [0.1, 0.15) is 40.4 Å². The lowest BCUT2D eigenvalue weighted by Crippen LogP contribution is -2.30. The summed E-state index contributed by atoms with van der Waals surface area (Å²) in [5.41, 5.74) is 2.76. The summed E-state index contributed by atoms with van der Waals surface area (Å²) in [6.07, 6.45) is 4.91. The second-order valence-corrected chi connectivity index (χ2v) is 8.32. The van der Waals surface area contributed by atoms with Crippen molar-refractivity contribution in [3.63, 3.8) is 0 Å². The summed E-state index contributed by atoms with van der Waals surface area (Å²) in [4.78, 5) is 29.2. The number of hydrogen-bond acceptors (Lipinski definition) is 5. The summed E-state index contributed by atoms with van der Waals surface area (Å²) in [6, 6.07) is 15.6. The van der Waals surface area contributed by atoms with Gasteiger partial charge in [-0.05, 0) is 49.2 Å². The summed E-state index contributed by atoms with van der Waals surface area (Å²) in [5.74, 6) is -0.627. The quantitative estimate of drug-likeness (QED) is 0.378. The summed E-state index contributed by atoms with van der Waals surface area (Å²) in [6.45, 7) is 0.0292. The molecule has 2 aromatic carbocycles. The number of halogens is 1. The number of carbonyl (C=O) groups excluding carboxylic acids is 2. The molecule has 1 aliphatic carbocycles. The minimum atomic E-state index is -0.471. The van der Waals surface area contributed by atoms with Crippen molar-refractivity contribution < 1.29 is 19.1 Å². The van der Waals surface area contributed by atoms with E-state index < -0.39 is 11.8 Å². The molecule has 0 aliphatic heterocycles. The van der Waals surface area contributed by atoms with Crippen molar-refractivity contribution in [1.82, 2.24) is 20.1 Å². The Kier molecular flexibility index (Phi) is 5.97. The summed E-state index contributed by atoms with van der Waals surface area (Å²) in [5, 5.41) is 20.5. The number of hydrogen-bond donors (Lipinski definition) is 3. The van der Waals surface area contributed by atoms with Crippen molar-refractivity contribution in [2.45, 2.75) is 25.3 Å². The predicted molar refractivity (Wildman–Crippen MR) is 128 cm³/mol. The number of benzene rings is 2. The zero-order valence-corrected chi connectivity index (χ0v) is 18.6. The first-order chi connectivity index (χ1) is 17.0. The highest BCUT2D eigenvalue weighted by atomic mass is 19.1. The van der Waals surface area contributed by atoms with Gasteiger partial charge in [0.1, 0.15) is 11.6 Å². The van der Waals surface area contributed by atoms with E-state index in [-0.39, 0.29) is 24.1 Å². The molecule has 1 aliphatic rings. The van der Waals surface area contributed by atoms with Gasteiger partial charge in [-0.2, -0.15) is 9.78 Å². The summed E-state index contributed by atoms with van der Waals surface area (Å²) >= 11 is 0. The monoisotopic (exact) mass is 471 g/mol. The average molecular weight is 471 g/mol. The smallest absolute Gasteiger partial charge is 0.342 e. The lowest BCUT2D eigenvalue weighted by atomic mass is 10.1. The van der Waals surface area contributed by atoms with Gasteiger partial charge in [0.05, 0.1) is 17.0 Å². The van der Waals surface area contributed by atoms with Gasteiger partial charge in [-0.3, -0.25) is 9.78 Å². The summed E-state index contributed by atoms with van der Waals surface area (Å²) < 4.78 is 15.2. The normalized spacial score (nSPS) is 12.8. The Bertz CT molecular complexity index is 1400. The molecule has 0 unspecified atom stereocenters. The molecule has 0 radical (unpaired) electrons. The number of nitrogens with one attached hydrogen (secondary N) is 2. The molecular formula is C26H22FN5O3. The number of carbonyl (C=O) groups is 2. The molecule has 1 saturated carbocycles. The molecule has 0 saturated heterocycles. The van der Waals surface area contributed by atoms with Crippen LogP contribution in [0.2, 0.25) is 0 Å². The van der Waals surface area contributed by atoms with Gasteiger partial charge in [-0.1, -0.05) is 18.2 Å². The molecule has 5 rings (SSSR count). The van der Waals surface area contributed by atoms with E-state index in [0.717, 1.165) is 18.5 Å². The largest absolute Gasteiger partial charge is 0.507 e. The van der Waals surface area contributed by atoms with Gasteiger partial charge in [0.15, 0.2) is 0 Å². The Morgan fingerprint density at radius 2 is 1.91 bits per heavy atom. The van der Waals surface area contributed by atoms with Crippen molar-refractivity contribution in [2.24, 2.45) is 0 Å². The third-order valence-corrected chi connectivity index (χ3v) is 5.77. The van der Waals surface area contributed by atoms with E-state index in [2.05, 4.69) is 20.7 Å². The van der Waals surface area contributed by atoms with Gasteiger partial charge >= 0.3 is 6.03 Å². The Balaban J connectivity index is 1.35. The predicted octanol–water partition coefficient (Wildman–Crippen LogP) is 4.68. The molecule has 0 bridgehead atoms. The Morgan fingerprint density at radius 1 is 1.09 bits per heavy atom. The maximum atomic E-state index is 13.9. The minimum Gasteiger partial charge on any atom is -0.507 e. The highest BCUT2D eigenvalue weighted by molar-refractivity contribution is 6.04. The van der Waals surface area contributed by atoms with Crippen LogP contribution in [0, 0.1) is 5.82 Å². The molecule has 3 N–H and O–H groups in total. The zero-order valence-electron chi connectivity index (χ0n) is 18.6. The maximum absolute atomic E-state index is 13.9. The van der Waals surface area contributed by atoms with Gasteiger partial charge in [-0.25, -0.2) is 9.18 Å². The molecule has 1 fully saturated rings. The molecule has 0 atom stereocenters. The van der Waals surface area contributed by atoms with Crippen molar-refractivity contribution in [3.8, 4) is 17.0 Å². The number of aromatic nitrogens is 3. The van der Waals surface area contributed by atoms with Crippen LogP contribution in [-0.4, -0.2) is 31.8 Å². The van der Waals surface area contributed by atoms with Crippen LogP contribution < -0.4 is 10.6 Å². The molecule has 2 heterocycles. The molecule has 9 heteroatoms. The van der Waals surface area contributed by atoms with Crippen LogP contribution in [0.5, 0.6) is 5.75 Å². The third-order valence-electron chi connectivity index (χ3n) is 5.77. The van der Waals surface area contributed by atoms with E-state index in [0.29, 0.717) is 28.1 Å². The first-order valence-electron chi connectivity index (χ1n) is 11.2. The van der Waals surface area contributed by atoms with Crippen LogP contribution in [-0.2, 0) is 6.54 Å². The number of rotatable bonds is 6. The Labute approximate surface area is 200 Å². The Morgan fingerprint density at radius 3 is 2.63 bits per heavy atom. The second-order valence-electron chi connectivity index (χ2n) is 8.32. The van der Waals surface area contributed by atoms with Gasteiger partial charge < -0.3 is 15.7 Å². The number of pyridine rings is 1. The standard InChI is InChI=1S/C26H22FN5O3/c27-21-6-2-1-4-17(21)15-29-26(35)32-23(16-7-8-16)13-22(31-32)20-10-9-19(12-24(20)33)30-25(34)18-5-3-11-28-14-18/h1-6,9-14,16,33H,7-8,15H2,(H,29,35)(H,30,34).